The van der Waals surface area contributed by atoms with Crippen molar-refractivity contribution in [1.82, 2.24) is 20.0 Å². The molecule has 0 unspecified atom stereocenters. The van der Waals surface area contributed by atoms with Gasteiger partial charge in [0.25, 0.3) is 5.56 Å². The second kappa shape index (κ2) is 8.90. The van der Waals surface area contributed by atoms with E-state index in [2.05, 4.69) is 31.2 Å². The lowest BCUT2D eigenvalue weighted by molar-refractivity contribution is 0.0526. The molecule has 170 valence electrons. The number of carbonyl (C=O) groups is 1. The van der Waals surface area contributed by atoms with Crippen molar-refractivity contribution in [2.75, 3.05) is 6.61 Å². The van der Waals surface area contributed by atoms with Crippen molar-refractivity contribution in [3.05, 3.63) is 79.6 Å². The van der Waals surface area contributed by atoms with Gasteiger partial charge in [-0.15, -0.1) is 16.4 Å². The molecule has 34 heavy (non-hydrogen) atoms. The second-order valence-corrected chi connectivity index (χ2v) is 9.77. The van der Waals surface area contributed by atoms with Crippen LogP contribution >= 0.6 is 38.9 Å². The Labute approximate surface area is 211 Å². The van der Waals surface area contributed by atoms with Crippen molar-refractivity contribution in [2.24, 2.45) is 0 Å². The molecule has 0 atom stereocenters. The van der Waals surface area contributed by atoms with Gasteiger partial charge in [0.05, 0.1) is 23.6 Å². The number of thiophene rings is 1. The number of halogens is 2. The van der Waals surface area contributed by atoms with E-state index >= 15 is 0 Å². The number of hydrogen-bond acceptors (Lipinski definition) is 7. The SMILES string of the molecule is CCOC(=O)c1c(C)nc2sc3c(=O)n(-c4ccc(Cl)cc4)nnc3c2c1-c1ccc(Br)cc1. The molecule has 7 nitrogen and oxygen atoms in total. The van der Waals surface area contributed by atoms with Gasteiger partial charge in [0.15, 0.2) is 0 Å². The molecule has 0 aliphatic carbocycles. The maximum atomic E-state index is 13.4. The van der Waals surface area contributed by atoms with E-state index in [0.29, 0.717) is 48.0 Å². The van der Waals surface area contributed by atoms with Crippen LogP contribution in [0.15, 0.2) is 57.8 Å². The number of carbonyl (C=O) groups excluding carboxylic acids is 1. The molecule has 5 aromatic rings. The predicted molar refractivity (Wildman–Crippen MR) is 137 cm³/mol. The Bertz CT molecular complexity index is 1630. The van der Waals surface area contributed by atoms with Crippen LogP contribution in [0.1, 0.15) is 23.0 Å². The van der Waals surface area contributed by atoms with Crippen LogP contribution in [-0.2, 0) is 4.74 Å². The lowest BCUT2D eigenvalue weighted by atomic mass is 9.96. The summed E-state index contributed by atoms with van der Waals surface area (Å²) < 4.78 is 7.87. The molecule has 0 spiro atoms. The minimum Gasteiger partial charge on any atom is -0.462 e. The minimum absolute atomic E-state index is 0.228. The van der Waals surface area contributed by atoms with Gasteiger partial charge in [-0.05, 0) is 55.8 Å². The van der Waals surface area contributed by atoms with Crippen molar-refractivity contribution < 1.29 is 9.53 Å². The summed E-state index contributed by atoms with van der Waals surface area (Å²) in [4.78, 5) is 31.6. The summed E-state index contributed by atoms with van der Waals surface area (Å²) in [6.45, 7) is 3.74. The van der Waals surface area contributed by atoms with Crippen LogP contribution in [0, 0.1) is 6.92 Å². The fraction of sp³-hybridized carbons (Fsp3) is 0.125. The smallest absolute Gasteiger partial charge is 0.340 e. The zero-order chi connectivity index (χ0) is 24.0. The average Bonchev–Trinajstić information content (AvgIpc) is 3.19. The maximum absolute atomic E-state index is 13.4. The predicted octanol–water partition coefficient (Wildman–Crippen LogP) is 5.96. The standard InChI is InChI=1S/C24H16BrClN4O3S/c1-3-33-24(32)17-12(2)27-22-19(18(17)13-4-6-14(25)7-5-13)20-21(34-22)23(31)30(29-28-20)16-10-8-15(26)9-11-16/h4-11H,3H2,1-2H3. The Morgan fingerprint density at radius 1 is 1.15 bits per heavy atom. The van der Waals surface area contributed by atoms with Gasteiger partial charge in [0, 0.05) is 20.4 Å². The number of ether oxygens (including phenoxy) is 1. The third kappa shape index (κ3) is 3.79. The highest BCUT2D eigenvalue weighted by molar-refractivity contribution is 9.10. The Hall–Kier alpha value is -3.14. The number of pyridine rings is 1. The fourth-order valence-corrected chi connectivity index (χ4v) is 5.29. The lowest BCUT2D eigenvalue weighted by Gasteiger charge is -2.13. The Morgan fingerprint density at radius 3 is 2.53 bits per heavy atom. The van der Waals surface area contributed by atoms with E-state index in [9.17, 15) is 9.59 Å². The number of benzene rings is 2. The van der Waals surface area contributed by atoms with Crippen molar-refractivity contribution in [1.29, 1.82) is 0 Å². The molecule has 0 bridgehead atoms. The van der Waals surface area contributed by atoms with E-state index in [1.54, 1.807) is 38.1 Å². The summed E-state index contributed by atoms with van der Waals surface area (Å²) in [6, 6.07) is 14.3. The van der Waals surface area contributed by atoms with Gasteiger partial charge in [-0.3, -0.25) is 4.79 Å². The molecule has 0 aliphatic rings. The number of aromatic nitrogens is 4. The van der Waals surface area contributed by atoms with E-state index in [0.717, 1.165) is 10.0 Å². The zero-order valence-corrected chi connectivity index (χ0v) is 21.2. The summed E-state index contributed by atoms with van der Waals surface area (Å²) in [5.74, 6) is -0.478. The molecule has 3 aromatic heterocycles. The largest absolute Gasteiger partial charge is 0.462 e. The first kappa shape index (κ1) is 22.6. The first-order chi connectivity index (χ1) is 16.4. The highest BCUT2D eigenvalue weighted by atomic mass is 79.9. The minimum atomic E-state index is -0.478. The number of fused-ring (bicyclic) bond motifs is 3. The molecule has 0 amide bonds. The van der Waals surface area contributed by atoms with E-state index in [1.165, 1.54) is 16.0 Å². The maximum Gasteiger partial charge on any atom is 0.340 e. The summed E-state index contributed by atoms with van der Waals surface area (Å²) in [7, 11) is 0. The topological polar surface area (TPSA) is 87.0 Å². The molecule has 0 N–H and O–H groups in total. The van der Waals surface area contributed by atoms with E-state index < -0.39 is 5.97 Å². The first-order valence-corrected chi connectivity index (χ1v) is 12.3. The number of aryl methyl sites for hydroxylation is 1. The van der Waals surface area contributed by atoms with Gasteiger partial charge in [0.1, 0.15) is 15.0 Å². The number of nitrogens with zero attached hydrogens (tertiary/aromatic N) is 4. The molecule has 3 heterocycles. The second-order valence-electron chi connectivity index (χ2n) is 7.42. The zero-order valence-electron chi connectivity index (χ0n) is 18.0. The van der Waals surface area contributed by atoms with Gasteiger partial charge in [-0.2, -0.15) is 4.68 Å². The van der Waals surface area contributed by atoms with Crippen LogP contribution in [0.3, 0.4) is 0 Å². The summed E-state index contributed by atoms with van der Waals surface area (Å²) in [6.07, 6.45) is 0. The Balaban J connectivity index is 1.87. The monoisotopic (exact) mass is 554 g/mol. The first-order valence-electron chi connectivity index (χ1n) is 10.3. The van der Waals surface area contributed by atoms with Gasteiger partial charge >= 0.3 is 5.97 Å². The van der Waals surface area contributed by atoms with Crippen LogP contribution in [0.5, 0.6) is 0 Å². The number of rotatable bonds is 4. The summed E-state index contributed by atoms with van der Waals surface area (Å²) in [5, 5.41) is 9.73. The van der Waals surface area contributed by atoms with Crippen molar-refractivity contribution >= 4 is 65.3 Å². The molecule has 0 saturated heterocycles. The summed E-state index contributed by atoms with van der Waals surface area (Å²) in [5.41, 5.74) is 2.88. The third-order valence-electron chi connectivity index (χ3n) is 5.30. The molecule has 0 saturated carbocycles. The van der Waals surface area contributed by atoms with Gasteiger partial charge in [0.2, 0.25) is 0 Å². The van der Waals surface area contributed by atoms with E-state index in [-0.39, 0.29) is 12.2 Å². The molecule has 2 aromatic carbocycles. The van der Waals surface area contributed by atoms with E-state index in [1.807, 2.05) is 24.3 Å². The number of esters is 1. The Morgan fingerprint density at radius 2 is 1.85 bits per heavy atom. The normalized spacial score (nSPS) is 11.3. The van der Waals surface area contributed by atoms with Crippen LogP contribution in [0.4, 0.5) is 0 Å². The van der Waals surface area contributed by atoms with Gasteiger partial charge in [-0.25, -0.2) is 9.78 Å². The molecule has 5 rings (SSSR count). The highest BCUT2D eigenvalue weighted by Gasteiger charge is 2.26. The van der Waals surface area contributed by atoms with Crippen LogP contribution < -0.4 is 5.56 Å². The fourth-order valence-electron chi connectivity index (χ4n) is 3.81. The van der Waals surface area contributed by atoms with Crippen molar-refractivity contribution in [2.45, 2.75) is 13.8 Å². The third-order valence-corrected chi connectivity index (χ3v) is 7.14. The quantitative estimate of drug-likeness (QED) is 0.254. The van der Waals surface area contributed by atoms with Crippen LogP contribution in [-0.4, -0.2) is 32.6 Å². The van der Waals surface area contributed by atoms with Crippen LogP contribution in [0.2, 0.25) is 5.02 Å². The van der Waals surface area contributed by atoms with Gasteiger partial charge < -0.3 is 4.74 Å². The highest BCUT2D eigenvalue weighted by Crippen LogP contribution is 2.40. The summed E-state index contributed by atoms with van der Waals surface area (Å²) >= 11 is 10.7. The molecule has 0 radical (unpaired) electrons. The van der Waals surface area contributed by atoms with Crippen molar-refractivity contribution in [3.8, 4) is 16.8 Å². The lowest BCUT2D eigenvalue weighted by Crippen LogP contribution is -2.21. The molecular weight excluding hydrogens is 540 g/mol. The Kier molecular flexibility index (Phi) is 5.93. The number of hydrogen-bond donors (Lipinski definition) is 0. The average molecular weight is 556 g/mol. The molecule has 10 heteroatoms. The van der Waals surface area contributed by atoms with Crippen molar-refractivity contribution in [3.63, 3.8) is 0 Å². The molecule has 0 aliphatic heterocycles. The molecule has 0 fully saturated rings. The molecular formula is C24H16BrClN4O3S. The van der Waals surface area contributed by atoms with E-state index in [4.69, 9.17) is 16.3 Å². The van der Waals surface area contributed by atoms with Crippen LogP contribution in [0.25, 0.3) is 37.2 Å². The van der Waals surface area contributed by atoms with Gasteiger partial charge in [-0.1, -0.05) is 44.9 Å².